The first kappa shape index (κ1) is 61.0. The fraction of sp³-hybridized carbons (Fsp3) is 0.435. The maximum Gasteiger partial charge on any atom is 0.252 e. The molecule has 0 N–H and O–H groups in total. The quantitative estimate of drug-likeness (QED) is 0.159. The third kappa shape index (κ3) is 9.51. The number of aryl methyl sites for hydroxylation is 1. The van der Waals surface area contributed by atoms with Crippen LogP contribution in [0.3, 0.4) is 0 Å². The third-order valence-electron chi connectivity index (χ3n) is 23.2. The highest BCUT2D eigenvalue weighted by atomic mass is 32.1. The van der Waals surface area contributed by atoms with Crippen LogP contribution in [0.2, 0.25) is 0 Å². The van der Waals surface area contributed by atoms with Crippen LogP contribution in [0.5, 0.6) is 0 Å². The van der Waals surface area contributed by atoms with E-state index in [1.165, 1.54) is 139 Å². The second kappa shape index (κ2) is 19.7. The van der Waals surface area contributed by atoms with Gasteiger partial charge in [0.1, 0.15) is 0 Å². The normalized spacial score (nSPS) is 19.0. The van der Waals surface area contributed by atoms with Gasteiger partial charge in [-0.25, -0.2) is 0 Å². The molecule has 1 aromatic heterocycles. The van der Waals surface area contributed by atoms with E-state index in [0.717, 1.165) is 42.7 Å². The number of nitrogens with zero attached hydrogens (tertiary/aromatic N) is 3. The van der Waals surface area contributed by atoms with Gasteiger partial charge in [-0.2, -0.15) is 0 Å². The lowest BCUT2D eigenvalue weighted by Crippen LogP contribution is -2.62. The second-order valence-electron chi connectivity index (χ2n) is 35.5. The van der Waals surface area contributed by atoms with Gasteiger partial charge in [-0.3, -0.25) is 0 Å². The number of hydrogen-bond acceptors (Lipinski definition) is 4. The lowest BCUT2D eigenvalue weighted by Gasteiger charge is -2.49. The Hall–Kier alpha value is -6.56. The Morgan fingerprint density at radius 2 is 0.811 bits per heavy atom. The van der Waals surface area contributed by atoms with Gasteiger partial charge < -0.3 is 14.7 Å². The number of benzene rings is 8. The highest BCUT2D eigenvalue weighted by Crippen LogP contribution is 2.57. The van der Waals surface area contributed by atoms with Crippen molar-refractivity contribution in [2.75, 3.05) is 14.7 Å². The van der Waals surface area contributed by atoms with Crippen LogP contribution in [-0.4, -0.2) is 6.71 Å². The summed E-state index contributed by atoms with van der Waals surface area (Å²) < 4.78 is 2.71. The van der Waals surface area contributed by atoms with Crippen molar-refractivity contribution in [1.29, 1.82) is 0 Å². The van der Waals surface area contributed by atoms with E-state index < -0.39 is 0 Å². The average Bonchev–Trinajstić information content (AvgIpc) is 0.877. The molecule has 464 valence electrons. The van der Waals surface area contributed by atoms with Gasteiger partial charge in [0.05, 0.1) is 16.1 Å². The Morgan fingerprint density at radius 3 is 1.32 bits per heavy atom. The predicted molar refractivity (Wildman–Crippen MR) is 395 cm³/mol. The Balaban J connectivity index is 1.18. The molecule has 0 fully saturated rings. The summed E-state index contributed by atoms with van der Waals surface area (Å²) in [5.41, 5.74) is 29.6. The molecule has 9 aromatic rings. The number of hydrogen-bond donors (Lipinski definition) is 0. The van der Waals surface area contributed by atoms with Crippen molar-refractivity contribution < 1.29 is 0 Å². The van der Waals surface area contributed by atoms with Crippen molar-refractivity contribution >= 4 is 106 Å². The zero-order valence-electron chi connectivity index (χ0n) is 58.8. The summed E-state index contributed by atoms with van der Waals surface area (Å²) in [4.78, 5) is 8.18. The molecule has 5 heteroatoms. The van der Waals surface area contributed by atoms with Gasteiger partial charge in [0.15, 0.2) is 0 Å². The van der Waals surface area contributed by atoms with Gasteiger partial charge in [0, 0.05) is 55.3 Å². The molecule has 3 aliphatic carbocycles. The molecule has 14 rings (SSSR count). The summed E-state index contributed by atoms with van der Waals surface area (Å²) in [6, 6.07) is 55.2. The molecular weight excluding hydrogens is 1110 g/mol. The van der Waals surface area contributed by atoms with Crippen LogP contribution >= 0.6 is 11.3 Å². The van der Waals surface area contributed by atoms with Crippen LogP contribution in [0.4, 0.5) is 51.2 Å². The summed E-state index contributed by atoms with van der Waals surface area (Å²) in [6.45, 7) is 53.4. The average molecular weight is 1210 g/mol. The number of fused-ring (bicyclic) bond motifs is 11. The highest BCUT2D eigenvalue weighted by molar-refractivity contribution is 7.26. The van der Waals surface area contributed by atoms with E-state index in [0.29, 0.717) is 0 Å². The van der Waals surface area contributed by atoms with E-state index in [2.05, 4.69) is 300 Å². The molecule has 0 saturated carbocycles. The van der Waals surface area contributed by atoms with E-state index in [4.69, 9.17) is 0 Å². The zero-order chi connectivity index (χ0) is 64.3. The van der Waals surface area contributed by atoms with E-state index in [1.54, 1.807) is 0 Å². The molecule has 0 spiro atoms. The summed E-state index contributed by atoms with van der Waals surface area (Å²) >= 11 is 2.01. The minimum atomic E-state index is -0.0701. The highest BCUT2D eigenvalue weighted by Gasteiger charge is 2.49. The number of thiophene rings is 1. The van der Waals surface area contributed by atoms with Crippen molar-refractivity contribution in [3.05, 3.63) is 189 Å². The van der Waals surface area contributed by atoms with E-state index in [9.17, 15) is 0 Å². The predicted octanol–water partition coefficient (Wildman–Crippen LogP) is 22.9. The van der Waals surface area contributed by atoms with Crippen LogP contribution in [0.15, 0.2) is 133 Å². The maximum atomic E-state index is 2.82. The number of anilines is 9. The van der Waals surface area contributed by atoms with Crippen molar-refractivity contribution in [2.45, 2.75) is 240 Å². The maximum absolute atomic E-state index is 2.82. The van der Waals surface area contributed by atoms with Gasteiger partial charge in [0.2, 0.25) is 0 Å². The molecule has 3 nitrogen and oxygen atoms in total. The third-order valence-corrected chi connectivity index (χ3v) is 24.4. The summed E-state index contributed by atoms with van der Waals surface area (Å²) in [6.07, 6.45) is 6.93. The molecule has 0 saturated heterocycles. The summed E-state index contributed by atoms with van der Waals surface area (Å²) in [5, 5.41) is 2.67. The molecule has 90 heavy (non-hydrogen) atoms. The lowest BCUT2D eigenvalue weighted by molar-refractivity contribution is 0.332. The lowest BCUT2D eigenvalue weighted by atomic mass is 9.33. The van der Waals surface area contributed by atoms with Gasteiger partial charge in [-0.05, 0) is 233 Å². The second-order valence-corrected chi connectivity index (χ2v) is 36.6. The Bertz CT molecular complexity index is 4380. The summed E-state index contributed by atoms with van der Waals surface area (Å²) in [7, 11) is 0. The molecule has 0 amide bonds. The fourth-order valence-electron chi connectivity index (χ4n) is 16.8. The van der Waals surface area contributed by atoms with Gasteiger partial charge in [0.25, 0.3) is 6.71 Å². The van der Waals surface area contributed by atoms with Crippen molar-refractivity contribution in [1.82, 2.24) is 0 Å². The largest absolute Gasteiger partial charge is 0.311 e. The van der Waals surface area contributed by atoms with Crippen LogP contribution in [0, 0.1) is 6.92 Å². The monoisotopic (exact) mass is 1210 g/mol. The molecule has 0 unspecified atom stereocenters. The van der Waals surface area contributed by atoms with E-state index in [1.807, 2.05) is 11.3 Å². The molecular formula is C85H100BN3S. The molecule has 0 bridgehead atoms. The first-order valence-electron chi connectivity index (χ1n) is 34.2. The van der Waals surface area contributed by atoms with Crippen molar-refractivity contribution in [3.8, 4) is 0 Å². The van der Waals surface area contributed by atoms with Crippen LogP contribution in [0.25, 0.3) is 20.2 Å². The van der Waals surface area contributed by atoms with Crippen molar-refractivity contribution in [3.63, 3.8) is 0 Å². The standard InChI is InChI=1S/C85H100BN3S/c1-51-43-62-65(84(19,20)41-39-81(62,13)14)49-69(51)89-72-47-58(87(55-28-23-52(24-29-55)77(2,3)4)56-30-25-53(26-31-56)78(5,6)7)46-71-74(72)86(67-36-34-60-59-33-27-54(79(8,9)10)44-73(59)90-76(60)75(67)89)68-48-64-66(85(21,22)42-40-83(64,17)18)50-70(68)88(71)57-32-35-61-63(45-57)82(15,16)38-37-80(61,11)12/h23-36,43-50H,37-42H2,1-22H3. The fourth-order valence-corrected chi connectivity index (χ4v) is 18.1. The molecule has 5 aliphatic rings. The van der Waals surface area contributed by atoms with E-state index >= 15 is 0 Å². The topological polar surface area (TPSA) is 9.72 Å². The first-order valence-corrected chi connectivity index (χ1v) is 35.0. The van der Waals surface area contributed by atoms with Gasteiger partial charge in [-0.15, -0.1) is 11.3 Å². The summed E-state index contributed by atoms with van der Waals surface area (Å²) in [5.74, 6) is 0. The Kier molecular flexibility index (Phi) is 13.4. The molecule has 2 aliphatic heterocycles. The minimum absolute atomic E-state index is 0.00473. The van der Waals surface area contributed by atoms with Crippen LogP contribution in [-0.2, 0) is 48.7 Å². The molecule has 8 aromatic carbocycles. The molecule has 0 radical (unpaired) electrons. The van der Waals surface area contributed by atoms with Gasteiger partial charge >= 0.3 is 0 Å². The Labute approximate surface area is 545 Å². The molecule has 0 atom stereocenters. The minimum Gasteiger partial charge on any atom is -0.311 e. The first-order chi connectivity index (χ1) is 41.9. The van der Waals surface area contributed by atoms with Crippen molar-refractivity contribution in [2.24, 2.45) is 0 Å². The number of rotatable bonds is 5. The van der Waals surface area contributed by atoms with Crippen LogP contribution in [0.1, 0.15) is 240 Å². The smallest absolute Gasteiger partial charge is 0.252 e. The molecule has 3 heterocycles. The van der Waals surface area contributed by atoms with Gasteiger partial charge in [-0.1, -0.05) is 212 Å². The van der Waals surface area contributed by atoms with E-state index in [-0.39, 0.29) is 55.4 Å². The zero-order valence-corrected chi connectivity index (χ0v) is 59.6. The van der Waals surface area contributed by atoms with Crippen LogP contribution < -0.4 is 31.1 Å². The SMILES string of the molecule is Cc1cc2c(cc1N1c3cc(N(c4ccc(C(C)(C)C)cc4)c4ccc(C(C)(C)C)cc4)cc4c3B(c3cc5c(cc3N4c3ccc4c(c3)C(C)(C)CCC4(C)C)C(C)(C)CCC5(C)C)c3ccc4c(sc5cc(C(C)(C)C)ccc54)c31)C(C)(C)CCC2(C)C. The Morgan fingerprint density at radius 1 is 0.378 bits per heavy atom.